The molecule has 3 heteroatoms. The molecule has 96 valence electrons. The summed E-state index contributed by atoms with van der Waals surface area (Å²) in [7, 11) is 0. The van der Waals surface area contributed by atoms with Crippen molar-refractivity contribution in [2.45, 2.75) is 44.4 Å². The molecule has 2 N–H and O–H groups in total. The third-order valence-corrected chi connectivity index (χ3v) is 4.54. The van der Waals surface area contributed by atoms with E-state index in [1.807, 2.05) is 17.8 Å². The zero-order valence-corrected chi connectivity index (χ0v) is 13.3. The van der Waals surface area contributed by atoms with Crippen molar-refractivity contribution in [1.82, 2.24) is 0 Å². The Balaban J connectivity index is 2.35. The first-order chi connectivity index (χ1) is 7.88. The highest BCUT2D eigenvalue weighted by Crippen LogP contribution is 2.24. The van der Waals surface area contributed by atoms with Gasteiger partial charge in [0.2, 0.25) is 0 Å². The minimum atomic E-state index is 0.253. The molecule has 0 bridgehead atoms. The highest BCUT2D eigenvalue weighted by Gasteiger charge is 2.12. The lowest BCUT2D eigenvalue weighted by Crippen LogP contribution is -2.24. The van der Waals surface area contributed by atoms with Crippen LogP contribution in [0.1, 0.15) is 32.8 Å². The molecule has 0 aliphatic heterocycles. The van der Waals surface area contributed by atoms with Gasteiger partial charge in [0.05, 0.1) is 0 Å². The molecule has 0 aliphatic rings. The molecule has 0 amide bonds. The van der Waals surface area contributed by atoms with Crippen LogP contribution < -0.4 is 5.73 Å². The Morgan fingerprint density at radius 3 is 2.53 bits per heavy atom. The Kier molecular flexibility index (Phi) is 6.04. The van der Waals surface area contributed by atoms with Crippen LogP contribution in [0.15, 0.2) is 28.7 Å². The molecule has 0 saturated heterocycles. The normalized spacial score (nSPS) is 13.7. The smallest absolute Gasteiger partial charge is 0.0207 e. The third-order valence-electron chi connectivity index (χ3n) is 2.46. The quantitative estimate of drug-likeness (QED) is 0.879. The lowest BCUT2D eigenvalue weighted by Gasteiger charge is -2.19. The van der Waals surface area contributed by atoms with Gasteiger partial charge in [0.1, 0.15) is 0 Å². The highest BCUT2D eigenvalue weighted by molar-refractivity contribution is 9.10. The lowest BCUT2D eigenvalue weighted by molar-refractivity contribution is 0.648. The summed E-state index contributed by atoms with van der Waals surface area (Å²) in [6.07, 6.45) is 2.02. The van der Waals surface area contributed by atoms with E-state index in [9.17, 15) is 0 Å². The molecule has 0 spiro atoms. The predicted molar refractivity (Wildman–Crippen MR) is 82.6 cm³/mol. The van der Waals surface area contributed by atoms with Crippen molar-refractivity contribution < 1.29 is 0 Å². The molecular formula is C14H22BrNS. The molecule has 0 aliphatic carbocycles. The number of hydrogen-bond donors (Lipinski definition) is 1. The van der Waals surface area contributed by atoms with Crippen LogP contribution in [0.4, 0.5) is 0 Å². The van der Waals surface area contributed by atoms with Gasteiger partial charge in [-0.2, -0.15) is 11.8 Å². The van der Waals surface area contributed by atoms with Crippen molar-refractivity contribution in [3.8, 4) is 0 Å². The fourth-order valence-electron chi connectivity index (χ4n) is 1.56. The Hall–Kier alpha value is 0.01000. The number of thioether (sulfide) groups is 1. The molecule has 0 heterocycles. The SMILES string of the molecule is CC(C)(C)SCCC(N)Cc1ccccc1Br. The van der Waals surface area contributed by atoms with E-state index in [-0.39, 0.29) is 6.04 Å². The van der Waals surface area contributed by atoms with Gasteiger partial charge in [-0.1, -0.05) is 54.9 Å². The van der Waals surface area contributed by atoms with Gasteiger partial charge >= 0.3 is 0 Å². The predicted octanol–water partition coefficient (Wildman–Crippen LogP) is 4.24. The van der Waals surface area contributed by atoms with Gasteiger partial charge in [0.25, 0.3) is 0 Å². The Morgan fingerprint density at radius 2 is 1.94 bits per heavy atom. The summed E-state index contributed by atoms with van der Waals surface area (Å²) in [6, 6.07) is 8.57. The maximum atomic E-state index is 6.17. The van der Waals surface area contributed by atoms with Crippen LogP contribution in [0.3, 0.4) is 0 Å². The zero-order valence-electron chi connectivity index (χ0n) is 10.9. The van der Waals surface area contributed by atoms with Crippen LogP contribution in [-0.4, -0.2) is 16.5 Å². The first-order valence-electron chi connectivity index (χ1n) is 6.01. The van der Waals surface area contributed by atoms with Crippen molar-refractivity contribution in [3.05, 3.63) is 34.3 Å². The maximum absolute atomic E-state index is 6.17. The summed E-state index contributed by atoms with van der Waals surface area (Å²) >= 11 is 5.55. The van der Waals surface area contributed by atoms with Crippen molar-refractivity contribution in [1.29, 1.82) is 0 Å². The Labute approximate surface area is 118 Å². The number of nitrogens with two attached hydrogens (primary N) is 1. The molecule has 0 radical (unpaired) electrons. The summed E-state index contributed by atoms with van der Waals surface area (Å²) < 4.78 is 1.51. The molecular weight excluding hydrogens is 294 g/mol. The molecule has 1 nitrogen and oxygen atoms in total. The third kappa shape index (κ3) is 6.49. The summed E-state index contributed by atoms with van der Waals surface area (Å²) in [5.74, 6) is 1.13. The summed E-state index contributed by atoms with van der Waals surface area (Å²) in [5, 5.41) is 0. The minimum absolute atomic E-state index is 0.253. The lowest BCUT2D eigenvalue weighted by atomic mass is 10.1. The summed E-state index contributed by atoms with van der Waals surface area (Å²) in [6.45, 7) is 6.74. The van der Waals surface area contributed by atoms with Crippen LogP contribution in [0.2, 0.25) is 0 Å². The van der Waals surface area contributed by atoms with Crippen molar-refractivity contribution >= 4 is 27.7 Å². The second kappa shape index (κ2) is 6.81. The van der Waals surface area contributed by atoms with Crippen LogP contribution in [0.5, 0.6) is 0 Å². The van der Waals surface area contributed by atoms with Crippen LogP contribution >= 0.6 is 27.7 Å². The second-order valence-electron chi connectivity index (χ2n) is 5.31. The number of halogens is 1. The number of hydrogen-bond acceptors (Lipinski definition) is 2. The number of benzene rings is 1. The average Bonchev–Trinajstić information content (AvgIpc) is 2.19. The Morgan fingerprint density at radius 1 is 1.29 bits per heavy atom. The molecule has 0 saturated carbocycles. The van der Waals surface area contributed by atoms with E-state index in [4.69, 9.17) is 5.73 Å². The molecule has 1 aromatic carbocycles. The summed E-state index contributed by atoms with van der Waals surface area (Å²) in [5.41, 5.74) is 7.48. The number of rotatable bonds is 5. The van der Waals surface area contributed by atoms with E-state index in [1.54, 1.807) is 0 Å². The van der Waals surface area contributed by atoms with Crippen LogP contribution in [0, 0.1) is 0 Å². The molecule has 0 fully saturated rings. The van der Waals surface area contributed by atoms with E-state index >= 15 is 0 Å². The second-order valence-corrected chi connectivity index (χ2v) is 8.08. The van der Waals surface area contributed by atoms with Gasteiger partial charge in [-0.05, 0) is 30.2 Å². The standard InChI is InChI=1S/C14H22BrNS/c1-14(2,3)17-9-8-12(16)10-11-6-4-5-7-13(11)15/h4-7,12H,8-10,16H2,1-3H3. The van der Waals surface area contributed by atoms with E-state index in [2.05, 4.69) is 54.9 Å². The van der Waals surface area contributed by atoms with E-state index < -0.39 is 0 Å². The zero-order chi connectivity index (χ0) is 12.9. The van der Waals surface area contributed by atoms with Gasteiger partial charge < -0.3 is 5.73 Å². The first kappa shape index (κ1) is 15.1. The molecule has 0 aromatic heterocycles. The first-order valence-corrected chi connectivity index (χ1v) is 7.79. The average molecular weight is 316 g/mol. The molecule has 1 unspecified atom stereocenters. The monoisotopic (exact) mass is 315 g/mol. The van der Waals surface area contributed by atoms with E-state index in [0.29, 0.717) is 4.75 Å². The van der Waals surface area contributed by atoms with Gasteiger partial charge in [0.15, 0.2) is 0 Å². The van der Waals surface area contributed by atoms with E-state index in [1.165, 1.54) is 10.0 Å². The topological polar surface area (TPSA) is 26.0 Å². The van der Waals surface area contributed by atoms with Gasteiger partial charge in [0, 0.05) is 15.3 Å². The molecule has 17 heavy (non-hydrogen) atoms. The highest BCUT2D eigenvalue weighted by atomic mass is 79.9. The largest absolute Gasteiger partial charge is 0.327 e. The molecule has 1 atom stereocenters. The molecule has 1 rings (SSSR count). The van der Waals surface area contributed by atoms with E-state index in [0.717, 1.165) is 18.6 Å². The van der Waals surface area contributed by atoms with Gasteiger partial charge in [-0.15, -0.1) is 0 Å². The van der Waals surface area contributed by atoms with Gasteiger partial charge in [-0.3, -0.25) is 0 Å². The van der Waals surface area contributed by atoms with Crippen molar-refractivity contribution in [3.63, 3.8) is 0 Å². The minimum Gasteiger partial charge on any atom is -0.327 e. The maximum Gasteiger partial charge on any atom is 0.0207 e. The van der Waals surface area contributed by atoms with Crippen molar-refractivity contribution in [2.75, 3.05) is 5.75 Å². The van der Waals surface area contributed by atoms with Crippen molar-refractivity contribution in [2.24, 2.45) is 5.73 Å². The summed E-state index contributed by atoms with van der Waals surface area (Å²) in [4.78, 5) is 0. The Bertz CT molecular complexity index is 346. The molecule has 1 aromatic rings. The van der Waals surface area contributed by atoms with Crippen LogP contribution in [0.25, 0.3) is 0 Å². The fraction of sp³-hybridized carbons (Fsp3) is 0.571. The van der Waals surface area contributed by atoms with Crippen LogP contribution in [-0.2, 0) is 6.42 Å². The van der Waals surface area contributed by atoms with Gasteiger partial charge in [-0.25, -0.2) is 0 Å². The fourth-order valence-corrected chi connectivity index (χ4v) is 3.04.